The summed E-state index contributed by atoms with van der Waals surface area (Å²) in [6, 6.07) is 11.0. The van der Waals surface area contributed by atoms with Crippen LogP contribution in [-0.2, 0) is 4.79 Å². The summed E-state index contributed by atoms with van der Waals surface area (Å²) in [4.78, 5) is 34.4. The number of fused-ring (bicyclic) bond motifs is 1. The van der Waals surface area contributed by atoms with Crippen molar-refractivity contribution in [3.63, 3.8) is 0 Å². The topological polar surface area (TPSA) is 66.1 Å². The molecule has 1 amide bonds. The van der Waals surface area contributed by atoms with E-state index in [1.807, 2.05) is 36.4 Å². The third-order valence-corrected chi connectivity index (χ3v) is 5.81. The van der Waals surface area contributed by atoms with E-state index in [-0.39, 0.29) is 17.1 Å². The van der Waals surface area contributed by atoms with E-state index in [0.29, 0.717) is 11.3 Å². The summed E-state index contributed by atoms with van der Waals surface area (Å²) in [7, 11) is 0. The maximum absolute atomic E-state index is 13.2. The van der Waals surface area contributed by atoms with Gasteiger partial charge in [-0.2, -0.15) is 0 Å². The number of Topliss-reactive ketones (excluding diaryl/α,β-unsaturated/α-hetero) is 1. The van der Waals surface area contributed by atoms with Crippen molar-refractivity contribution in [3.05, 3.63) is 66.1 Å². The maximum Gasteiger partial charge on any atom is 0.221 e. The molecule has 4 rings (SSSR count). The van der Waals surface area contributed by atoms with Crippen LogP contribution >= 0.6 is 11.8 Å². The van der Waals surface area contributed by atoms with Crippen LogP contribution in [0.15, 0.2) is 55.0 Å². The Bertz CT molecular complexity index is 938. The summed E-state index contributed by atoms with van der Waals surface area (Å²) in [5.74, 6) is 0.459. The minimum absolute atomic E-state index is 0.0217. The second-order valence-corrected chi connectivity index (χ2v) is 7.14. The number of pyridine rings is 1. The predicted molar refractivity (Wildman–Crippen MR) is 98.4 cm³/mol. The van der Waals surface area contributed by atoms with Crippen LogP contribution in [0.5, 0.6) is 0 Å². The van der Waals surface area contributed by atoms with Crippen LogP contribution < -0.4 is 0 Å². The Morgan fingerprint density at radius 1 is 1.24 bits per heavy atom. The highest BCUT2D eigenvalue weighted by Gasteiger charge is 2.41. The molecule has 6 heteroatoms. The number of para-hydroxylation sites is 1. The minimum Gasteiger partial charge on any atom is -0.360 e. The number of aromatic amines is 1. The third-order valence-electron chi connectivity index (χ3n) is 4.49. The number of amides is 1. The zero-order valence-corrected chi connectivity index (χ0v) is 14.5. The highest BCUT2D eigenvalue weighted by molar-refractivity contribution is 7.99. The summed E-state index contributed by atoms with van der Waals surface area (Å²) in [5, 5.41) is 0.719. The lowest BCUT2D eigenvalue weighted by Gasteiger charge is -2.27. The molecule has 0 unspecified atom stereocenters. The van der Waals surface area contributed by atoms with Crippen LogP contribution in [0, 0.1) is 0 Å². The molecule has 3 heterocycles. The molecule has 0 spiro atoms. The van der Waals surface area contributed by atoms with Crippen molar-refractivity contribution in [1.82, 2.24) is 14.9 Å². The van der Waals surface area contributed by atoms with Crippen LogP contribution in [0.2, 0.25) is 0 Å². The average Bonchev–Trinajstić information content (AvgIpc) is 3.26. The van der Waals surface area contributed by atoms with Crippen molar-refractivity contribution in [2.75, 3.05) is 5.75 Å². The molecule has 0 bridgehead atoms. The van der Waals surface area contributed by atoms with Crippen LogP contribution in [0.4, 0.5) is 0 Å². The van der Waals surface area contributed by atoms with Gasteiger partial charge in [-0.25, -0.2) is 0 Å². The highest BCUT2D eigenvalue weighted by atomic mass is 32.2. The zero-order valence-electron chi connectivity index (χ0n) is 13.7. The molecule has 2 aromatic heterocycles. The number of benzene rings is 1. The molecule has 0 radical (unpaired) electrons. The second-order valence-electron chi connectivity index (χ2n) is 6.03. The Kier molecular flexibility index (Phi) is 4.05. The number of H-pyrrole nitrogens is 1. The number of rotatable bonds is 3. The Hall–Kier alpha value is -2.60. The van der Waals surface area contributed by atoms with Gasteiger partial charge in [0.25, 0.3) is 0 Å². The first-order valence-corrected chi connectivity index (χ1v) is 9.12. The lowest BCUT2D eigenvalue weighted by molar-refractivity contribution is -0.130. The van der Waals surface area contributed by atoms with E-state index in [0.717, 1.165) is 16.5 Å². The average molecular weight is 351 g/mol. The van der Waals surface area contributed by atoms with Crippen molar-refractivity contribution < 1.29 is 9.59 Å². The standard InChI is InChI=1S/C19H17N3O2S/c1-12(23)22-17(11-25-19(22)13-5-4-8-20-9-13)18(24)15-10-21-16-7-3-2-6-14(15)16/h2-10,17,19,21H,11H2,1H3/t17-,19-/m0/s1. The van der Waals surface area contributed by atoms with E-state index in [1.165, 1.54) is 6.92 Å². The molecule has 0 saturated carbocycles. The minimum atomic E-state index is -0.466. The van der Waals surface area contributed by atoms with E-state index in [1.54, 1.807) is 35.3 Å². The Labute approximate surface area is 149 Å². The Morgan fingerprint density at radius 3 is 2.84 bits per heavy atom. The fraction of sp³-hybridized carbons (Fsp3) is 0.211. The smallest absolute Gasteiger partial charge is 0.221 e. The van der Waals surface area contributed by atoms with Gasteiger partial charge in [-0.15, -0.1) is 11.8 Å². The molecule has 1 saturated heterocycles. The molecule has 1 aliphatic rings. The van der Waals surface area contributed by atoms with Crippen LogP contribution in [0.25, 0.3) is 10.9 Å². The predicted octanol–water partition coefficient (Wildman–Crippen LogP) is 3.41. The molecule has 1 fully saturated rings. The molecule has 2 atom stereocenters. The first kappa shape index (κ1) is 15.9. The van der Waals surface area contributed by atoms with Crippen molar-refractivity contribution >= 4 is 34.4 Å². The summed E-state index contributed by atoms with van der Waals surface area (Å²) in [6.07, 6.45) is 5.20. The fourth-order valence-electron chi connectivity index (χ4n) is 3.33. The molecule has 5 nitrogen and oxygen atoms in total. The van der Waals surface area contributed by atoms with Gasteiger partial charge < -0.3 is 9.88 Å². The van der Waals surface area contributed by atoms with Crippen molar-refractivity contribution in [3.8, 4) is 0 Å². The van der Waals surface area contributed by atoms with Gasteiger partial charge in [0.1, 0.15) is 11.4 Å². The summed E-state index contributed by atoms with van der Waals surface area (Å²) in [5.41, 5.74) is 2.51. The Morgan fingerprint density at radius 2 is 2.08 bits per heavy atom. The second kappa shape index (κ2) is 6.37. The van der Waals surface area contributed by atoms with Crippen molar-refractivity contribution in [2.45, 2.75) is 18.3 Å². The fourth-order valence-corrected chi connectivity index (χ4v) is 4.79. The summed E-state index contributed by atoms with van der Waals surface area (Å²) >= 11 is 1.61. The van der Waals surface area contributed by atoms with E-state index in [2.05, 4.69) is 9.97 Å². The van der Waals surface area contributed by atoms with Gasteiger partial charge >= 0.3 is 0 Å². The normalized spacial score (nSPS) is 20.1. The molecule has 0 aliphatic carbocycles. The molecule has 25 heavy (non-hydrogen) atoms. The number of ketones is 1. The first-order chi connectivity index (χ1) is 12.2. The molecule has 1 N–H and O–H groups in total. The largest absolute Gasteiger partial charge is 0.360 e. The Balaban J connectivity index is 1.70. The van der Waals surface area contributed by atoms with Gasteiger partial charge in [0.15, 0.2) is 5.78 Å². The first-order valence-electron chi connectivity index (χ1n) is 8.07. The quantitative estimate of drug-likeness (QED) is 0.735. The van der Waals surface area contributed by atoms with Gasteiger partial charge in [0, 0.05) is 53.3 Å². The molecule has 3 aromatic rings. The molecular weight excluding hydrogens is 334 g/mol. The molecule has 1 aromatic carbocycles. The number of nitrogens with one attached hydrogen (secondary N) is 1. The van der Waals surface area contributed by atoms with E-state index in [4.69, 9.17) is 0 Å². The monoisotopic (exact) mass is 351 g/mol. The number of carbonyl (C=O) groups excluding carboxylic acids is 2. The molecule has 1 aliphatic heterocycles. The number of hydrogen-bond donors (Lipinski definition) is 1. The molecule has 126 valence electrons. The number of carbonyl (C=O) groups is 2. The van der Waals surface area contributed by atoms with Crippen LogP contribution in [0.3, 0.4) is 0 Å². The summed E-state index contributed by atoms with van der Waals surface area (Å²) < 4.78 is 0. The van der Waals surface area contributed by atoms with Gasteiger partial charge in [-0.1, -0.05) is 24.3 Å². The van der Waals surface area contributed by atoms with Gasteiger partial charge in [-0.05, 0) is 12.1 Å². The highest BCUT2D eigenvalue weighted by Crippen LogP contribution is 2.42. The lowest BCUT2D eigenvalue weighted by atomic mass is 10.0. The summed E-state index contributed by atoms with van der Waals surface area (Å²) in [6.45, 7) is 1.52. The lowest BCUT2D eigenvalue weighted by Crippen LogP contribution is -2.41. The third kappa shape index (κ3) is 2.72. The van der Waals surface area contributed by atoms with Crippen molar-refractivity contribution in [1.29, 1.82) is 0 Å². The van der Waals surface area contributed by atoms with Gasteiger partial charge in [0.05, 0.1) is 0 Å². The SMILES string of the molecule is CC(=O)N1[C@H](C(=O)c2c[nH]c3ccccc23)CS[C@H]1c1cccnc1. The van der Waals surface area contributed by atoms with Crippen LogP contribution in [-0.4, -0.2) is 38.4 Å². The van der Waals surface area contributed by atoms with E-state index in [9.17, 15) is 9.59 Å². The number of hydrogen-bond acceptors (Lipinski definition) is 4. The maximum atomic E-state index is 13.2. The molecular formula is C19H17N3O2S. The number of nitrogens with zero attached hydrogens (tertiary/aromatic N) is 2. The number of aromatic nitrogens is 2. The zero-order chi connectivity index (χ0) is 17.4. The van der Waals surface area contributed by atoms with Crippen molar-refractivity contribution in [2.24, 2.45) is 0 Å². The van der Waals surface area contributed by atoms with E-state index >= 15 is 0 Å². The van der Waals surface area contributed by atoms with Gasteiger partial charge in [-0.3, -0.25) is 14.6 Å². The van der Waals surface area contributed by atoms with E-state index < -0.39 is 6.04 Å². The number of thioether (sulfide) groups is 1. The van der Waals surface area contributed by atoms with Gasteiger partial charge in [0.2, 0.25) is 5.91 Å². The van der Waals surface area contributed by atoms with Crippen LogP contribution in [0.1, 0.15) is 28.2 Å².